The number of rotatable bonds is 3. The Morgan fingerprint density at radius 3 is 2.65 bits per heavy atom. The summed E-state index contributed by atoms with van der Waals surface area (Å²) in [5.41, 5.74) is 1.08. The van der Waals surface area contributed by atoms with E-state index in [1.54, 1.807) is 11.8 Å². The predicted octanol–water partition coefficient (Wildman–Crippen LogP) is 3.74. The molecule has 1 amide bonds. The maximum Gasteiger partial charge on any atom is 0.311 e. The first kappa shape index (κ1) is 15.7. The van der Waals surface area contributed by atoms with Crippen molar-refractivity contribution in [2.75, 3.05) is 13.1 Å². The number of benzene rings is 1. The number of hydrogen-bond acceptors (Lipinski definition) is 3. The third-order valence-electron chi connectivity index (χ3n) is 4.44. The molecule has 1 unspecified atom stereocenters. The summed E-state index contributed by atoms with van der Waals surface area (Å²) in [6.07, 6.45) is 1.34. The number of piperidine rings is 1. The van der Waals surface area contributed by atoms with E-state index in [1.165, 1.54) is 11.3 Å². The average Bonchev–Trinajstić information content (AvgIpc) is 3.04. The summed E-state index contributed by atoms with van der Waals surface area (Å²) in [6, 6.07) is 11.8. The Kier molecular flexibility index (Phi) is 4.22. The van der Waals surface area contributed by atoms with Gasteiger partial charge in [-0.25, -0.2) is 0 Å². The lowest BCUT2D eigenvalue weighted by Gasteiger charge is -2.37. The van der Waals surface area contributed by atoms with Crippen LogP contribution in [0.4, 0.5) is 0 Å². The van der Waals surface area contributed by atoms with Gasteiger partial charge < -0.3 is 10.0 Å². The number of hydrogen-bond donors (Lipinski definition) is 1. The maximum atomic E-state index is 12.9. The molecule has 1 N–H and O–H groups in total. The molecule has 0 bridgehead atoms. The smallest absolute Gasteiger partial charge is 0.311 e. The van der Waals surface area contributed by atoms with E-state index in [1.807, 2.05) is 41.8 Å². The van der Waals surface area contributed by atoms with E-state index >= 15 is 0 Å². The fourth-order valence-corrected chi connectivity index (χ4v) is 3.93. The maximum absolute atomic E-state index is 12.9. The van der Waals surface area contributed by atoms with Crippen molar-refractivity contribution in [3.63, 3.8) is 0 Å². The molecule has 0 saturated carbocycles. The van der Waals surface area contributed by atoms with Gasteiger partial charge in [-0.05, 0) is 36.8 Å². The molecule has 120 valence electrons. The van der Waals surface area contributed by atoms with Crippen molar-refractivity contribution >= 4 is 23.2 Å². The molecule has 1 aliphatic heterocycles. The molecule has 1 aliphatic rings. The Hall–Kier alpha value is -2.14. The van der Waals surface area contributed by atoms with Gasteiger partial charge >= 0.3 is 5.97 Å². The van der Waals surface area contributed by atoms with Crippen molar-refractivity contribution in [2.45, 2.75) is 19.8 Å². The summed E-state index contributed by atoms with van der Waals surface area (Å²) in [6.45, 7) is 2.61. The zero-order valence-electron chi connectivity index (χ0n) is 13.0. The van der Waals surface area contributed by atoms with Crippen LogP contribution in [0.1, 0.15) is 29.4 Å². The Bertz CT molecular complexity index is 725. The molecule has 5 heteroatoms. The van der Waals surface area contributed by atoms with Gasteiger partial charge in [0.15, 0.2) is 0 Å². The molecule has 23 heavy (non-hydrogen) atoms. The van der Waals surface area contributed by atoms with Gasteiger partial charge in [0, 0.05) is 18.7 Å². The monoisotopic (exact) mass is 329 g/mol. The number of aliphatic carboxylic acids is 1. The van der Waals surface area contributed by atoms with E-state index in [0.29, 0.717) is 17.8 Å². The van der Waals surface area contributed by atoms with Crippen LogP contribution in [-0.2, 0) is 4.79 Å². The number of carboxylic acid groups (broad SMARTS) is 1. The Morgan fingerprint density at radius 2 is 1.96 bits per heavy atom. The first-order valence-corrected chi connectivity index (χ1v) is 8.55. The molecule has 0 spiro atoms. The molecule has 4 nitrogen and oxygen atoms in total. The predicted molar refractivity (Wildman–Crippen MR) is 90.6 cm³/mol. The summed E-state index contributed by atoms with van der Waals surface area (Å²) in [5, 5.41) is 11.3. The Labute approximate surface area is 139 Å². The fourth-order valence-electron chi connectivity index (χ4n) is 3.05. The summed E-state index contributed by atoms with van der Waals surface area (Å²) in [5.74, 6) is -0.893. The first-order valence-electron chi connectivity index (χ1n) is 7.67. The molecule has 2 aromatic rings. The second-order valence-corrected chi connectivity index (χ2v) is 7.14. The van der Waals surface area contributed by atoms with E-state index in [0.717, 1.165) is 17.5 Å². The Balaban J connectivity index is 1.87. The standard InChI is InChI=1S/C18H19NO3S/c1-18(17(21)22)9-5-10-19(12-18)16(20)15-14(8-11-23-15)13-6-3-2-4-7-13/h2-4,6-8,11H,5,9-10,12H2,1H3,(H,21,22). The number of thiophene rings is 1. The highest BCUT2D eigenvalue weighted by Gasteiger charge is 2.40. The third kappa shape index (κ3) is 3.01. The third-order valence-corrected chi connectivity index (χ3v) is 5.35. The zero-order valence-corrected chi connectivity index (χ0v) is 13.8. The van der Waals surface area contributed by atoms with Gasteiger partial charge in [0.25, 0.3) is 5.91 Å². The summed E-state index contributed by atoms with van der Waals surface area (Å²) >= 11 is 1.42. The number of amides is 1. The molecule has 0 aliphatic carbocycles. The molecule has 1 fully saturated rings. The molecule has 2 heterocycles. The average molecular weight is 329 g/mol. The van der Waals surface area contributed by atoms with Crippen LogP contribution >= 0.6 is 11.3 Å². The van der Waals surface area contributed by atoms with Crippen LogP contribution in [0.15, 0.2) is 41.8 Å². The van der Waals surface area contributed by atoms with E-state index in [-0.39, 0.29) is 12.5 Å². The van der Waals surface area contributed by atoms with Gasteiger partial charge in [-0.15, -0.1) is 11.3 Å². The molecular weight excluding hydrogens is 310 g/mol. The number of likely N-dealkylation sites (tertiary alicyclic amines) is 1. The van der Waals surface area contributed by atoms with E-state index in [2.05, 4.69) is 0 Å². The summed E-state index contributed by atoms with van der Waals surface area (Å²) < 4.78 is 0. The minimum absolute atomic E-state index is 0.0639. The summed E-state index contributed by atoms with van der Waals surface area (Å²) in [4.78, 5) is 26.8. The van der Waals surface area contributed by atoms with Gasteiger partial charge in [0.05, 0.1) is 10.3 Å². The van der Waals surface area contributed by atoms with Crippen molar-refractivity contribution in [1.29, 1.82) is 0 Å². The minimum Gasteiger partial charge on any atom is -0.481 e. The van der Waals surface area contributed by atoms with Crippen LogP contribution in [0.3, 0.4) is 0 Å². The first-order chi connectivity index (χ1) is 11.0. The van der Waals surface area contributed by atoms with Gasteiger partial charge in [0.2, 0.25) is 0 Å². The van der Waals surface area contributed by atoms with Gasteiger partial charge in [-0.2, -0.15) is 0 Å². The Morgan fingerprint density at radius 1 is 1.22 bits per heavy atom. The van der Waals surface area contributed by atoms with Gasteiger partial charge in [-0.1, -0.05) is 30.3 Å². The number of carbonyl (C=O) groups excluding carboxylic acids is 1. The van der Waals surface area contributed by atoms with Crippen LogP contribution < -0.4 is 0 Å². The van der Waals surface area contributed by atoms with Crippen LogP contribution in [0.2, 0.25) is 0 Å². The van der Waals surface area contributed by atoms with Crippen LogP contribution in [0.25, 0.3) is 11.1 Å². The summed E-state index contributed by atoms with van der Waals surface area (Å²) in [7, 11) is 0. The highest BCUT2D eigenvalue weighted by molar-refractivity contribution is 7.12. The van der Waals surface area contributed by atoms with Crippen LogP contribution in [0, 0.1) is 5.41 Å². The molecule has 0 radical (unpaired) electrons. The lowest BCUT2D eigenvalue weighted by molar-refractivity contribution is -0.150. The van der Waals surface area contributed by atoms with E-state index < -0.39 is 11.4 Å². The molecule has 1 aromatic heterocycles. The topological polar surface area (TPSA) is 57.6 Å². The molecule has 1 atom stereocenters. The number of nitrogens with zero attached hydrogens (tertiary/aromatic N) is 1. The lowest BCUT2D eigenvalue weighted by Crippen LogP contribution is -2.48. The van der Waals surface area contributed by atoms with Crippen molar-refractivity contribution in [3.8, 4) is 11.1 Å². The van der Waals surface area contributed by atoms with E-state index in [9.17, 15) is 14.7 Å². The minimum atomic E-state index is -0.849. The van der Waals surface area contributed by atoms with Crippen LogP contribution in [-0.4, -0.2) is 35.0 Å². The molecule has 1 saturated heterocycles. The van der Waals surface area contributed by atoms with Crippen molar-refractivity contribution in [1.82, 2.24) is 4.90 Å². The van der Waals surface area contributed by atoms with E-state index in [4.69, 9.17) is 0 Å². The highest BCUT2D eigenvalue weighted by atomic mass is 32.1. The fraction of sp³-hybridized carbons (Fsp3) is 0.333. The quantitative estimate of drug-likeness (QED) is 0.933. The molecule has 3 rings (SSSR count). The molecule has 1 aromatic carbocycles. The van der Waals surface area contributed by atoms with Gasteiger partial charge in [-0.3, -0.25) is 9.59 Å². The molecular formula is C18H19NO3S. The number of carbonyl (C=O) groups is 2. The van der Waals surface area contributed by atoms with Gasteiger partial charge in [0.1, 0.15) is 0 Å². The highest BCUT2D eigenvalue weighted by Crippen LogP contribution is 2.34. The zero-order chi connectivity index (χ0) is 16.4. The van der Waals surface area contributed by atoms with Crippen molar-refractivity contribution in [2.24, 2.45) is 5.41 Å². The second-order valence-electron chi connectivity index (χ2n) is 6.23. The second kappa shape index (κ2) is 6.16. The van der Waals surface area contributed by atoms with Crippen LogP contribution in [0.5, 0.6) is 0 Å². The van der Waals surface area contributed by atoms with Crippen molar-refractivity contribution < 1.29 is 14.7 Å². The largest absolute Gasteiger partial charge is 0.481 e. The van der Waals surface area contributed by atoms with Crippen molar-refractivity contribution in [3.05, 3.63) is 46.7 Å². The lowest BCUT2D eigenvalue weighted by atomic mass is 9.82. The normalized spacial score (nSPS) is 21.2. The SMILES string of the molecule is CC1(C(=O)O)CCCN(C(=O)c2sccc2-c2ccccc2)C1. The number of carboxylic acids is 1.